The minimum atomic E-state index is -4.93. The van der Waals surface area contributed by atoms with Gasteiger partial charge in [0.15, 0.2) is 17.6 Å². The topological polar surface area (TPSA) is 199 Å². The first-order chi connectivity index (χ1) is 17.6. The van der Waals surface area contributed by atoms with E-state index in [2.05, 4.69) is 20.6 Å². The van der Waals surface area contributed by atoms with Crippen LogP contribution in [-0.4, -0.2) is 92.3 Å². The van der Waals surface area contributed by atoms with Crippen molar-refractivity contribution in [2.24, 2.45) is 21.5 Å². The second kappa shape index (κ2) is 8.26. The molecule has 3 amide bonds. The quantitative estimate of drug-likeness (QED) is 0.138. The molecule has 4 aliphatic rings. The number of rotatable bonds is 4. The molecular weight excluding hydrogens is 520 g/mol. The molecule has 1 unspecified atom stereocenters. The maximum absolute atomic E-state index is 13.8. The SMILES string of the molecule is NC1=NC2[C@H](CN3C(=O)CCC3=O)N=C(N)N3C[C@H](NC(=O)c4cc(F)cc(C(F)(F)F)c4)C(O)(O)[C@]23N1. The molecule has 8 N–H and O–H groups in total. The van der Waals surface area contributed by atoms with Crippen LogP contribution >= 0.6 is 0 Å². The average molecular weight is 542 g/mol. The normalized spacial score (nSPS) is 30.0. The molecule has 2 saturated heterocycles. The number of nitrogens with two attached hydrogens (primary N) is 2. The van der Waals surface area contributed by atoms with Gasteiger partial charge in [0.25, 0.3) is 5.91 Å². The molecule has 1 spiro atoms. The molecule has 38 heavy (non-hydrogen) atoms. The van der Waals surface area contributed by atoms with Crippen LogP contribution in [0.5, 0.6) is 0 Å². The lowest BCUT2D eigenvalue weighted by Gasteiger charge is -2.49. The number of imide groups is 1. The van der Waals surface area contributed by atoms with E-state index in [1.807, 2.05) is 0 Å². The number of benzene rings is 1. The summed E-state index contributed by atoms with van der Waals surface area (Å²) in [7, 11) is 0. The fourth-order valence-corrected chi connectivity index (χ4v) is 5.37. The smallest absolute Gasteiger partial charge is 0.370 e. The van der Waals surface area contributed by atoms with Crippen LogP contribution in [0.15, 0.2) is 28.2 Å². The molecule has 204 valence electrons. The van der Waals surface area contributed by atoms with E-state index in [9.17, 15) is 42.2 Å². The minimum absolute atomic E-state index is 0.00448. The van der Waals surface area contributed by atoms with E-state index in [1.165, 1.54) is 4.90 Å². The second-order valence-electron chi connectivity index (χ2n) is 9.39. The predicted molar refractivity (Wildman–Crippen MR) is 119 cm³/mol. The predicted octanol–water partition coefficient (Wildman–Crippen LogP) is -2.23. The van der Waals surface area contributed by atoms with Crippen molar-refractivity contribution in [1.82, 2.24) is 20.4 Å². The summed E-state index contributed by atoms with van der Waals surface area (Å²) in [6, 6.07) is -2.70. The highest BCUT2D eigenvalue weighted by Gasteiger charge is 2.73. The van der Waals surface area contributed by atoms with Gasteiger partial charge in [0.2, 0.25) is 17.6 Å². The highest BCUT2D eigenvalue weighted by atomic mass is 19.4. The highest BCUT2D eigenvalue weighted by Crippen LogP contribution is 2.45. The summed E-state index contributed by atoms with van der Waals surface area (Å²) in [6.45, 7) is -0.705. The van der Waals surface area contributed by atoms with Gasteiger partial charge in [0, 0.05) is 24.9 Å². The van der Waals surface area contributed by atoms with Crippen LogP contribution in [0.25, 0.3) is 0 Å². The number of alkyl halides is 3. The number of carbonyl (C=O) groups is 3. The standard InChI is InChI=1S/C21H22F4N8O5/c22-10-4-8(3-9(5-10)21(23,24)25)16(36)29-12-7-33-18(27)28-11(6-32-13(34)1-2-14(32)35)15-19(33,20(12,37)38)31-17(26)30-15/h3-5,11-12,15,37-38H,1-2,6-7H2,(H2,27,28)(H,29,36)(H3,26,30,31)/t11-,12-,15?,19-/m0/s1. The van der Waals surface area contributed by atoms with Gasteiger partial charge in [-0.15, -0.1) is 0 Å². The average Bonchev–Trinajstić information content (AvgIpc) is 3.41. The maximum atomic E-state index is 13.8. The van der Waals surface area contributed by atoms with Crippen molar-refractivity contribution >= 4 is 29.6 Å². The Morgan fingerprint density at radius 2 is 1.82 bits per heavy atom. The van der Waals surface area contributed by atoms with E-state index in [1.54, 1.807) is 0 Å². The van der Waals surface area contributed by atoms with Crippen molar-refractivity contribution in [2.75, 3.05) is 13.1 Å². The Bertz CT molecular complexity index is 1280. The molecule has 0 aliphatic carbocycles. The summed E-state index contributed by atoms with van der Waals surface area (Å²) in [5, 5.41) is 27.6. The number of aliphatic hydroxyl groups is 2. The molecule has 1 aromatic carbocycles. The van der Waals surface area contributed by atoms with Gasteiger partial charge in [-0.3, -0.25) is 19.3 Å². The van der Waals surface area contributed by atoms with E-state index >= 15 is 0 Å². The first kappa shape index (κ1) is 25.7. The van der Waals surface area contributed by atoms with E-state index in [0.717, 1.165) is 4.90 Å². The molecule has 0 aromatic heterocycles. The maximum Gasteiger partial charge on any atom is 0.416 e. The fraction of sp³-hybridized carbons (Fsp3) is 0.476. The lowest BCUT2D eigenvalue weighted by atomic mass is 9.84. The monoisotopic (exact) mass is 542 g/mol. The number of likely N-dealkylation sites (tertiary alicyclic amines) is 1. The van der Waals surface area contributed by atoms with Gasteiger partial charge >= 0.3 is 6.18 Å². The number of nitrogens with one attached hydrogen (secondary N) is 2. The highest BCUT2D eigenvalue weighted by molar-refractivity contribution is 6.02. The van der Waals surface area contributed by atoms with Gasteiger partial charge in [-0.25, -0.2) is 14.4 Å². The largest absolute Gasteiger partial charge is 0.416 e. The lowest BCUT2D eigenvalue weighted by molar-refractivity contribution is -0.230. The zero-order valence-electron chi connectivity index (χ0n) is 19.4. The van der Waals surface area contributed by atoms with Gasteiger partial charge in [0.1, 0.15) is 17.9 Å². The fourth-order valence-electron chi connectivity index (χ4n) is 5.37. The summed E-state index contributed by atoms with van der Waals surface area (Å²) in [5.74, 6) is -6.91. The van der Waals surface area contributed by atoms with Crippen LogP contribution in [0, 0.1) is 5.82 Å². The molecule has 1 aromatic rings. The summed E-state index contributed by atoms with van der Waals surface area (Å²) in [6.07, 6.45) is -4.93. The van der Waals surface area contributed by atoms with Crippen LogP contribution in [0.3, 0.4) is 0 Å². The zero-order valence-corrected chi connectivity index (χ0v) is 19.4. The molecule has 4 atom stereocenters. The Kier molecular flexibility index (Phi) is 5.57. The number of aliphatic imine (C=N–C) groups is 2. The summed E-state index contributed by atoms with van der Waals surface area (Å²) in [4.78, 5) is 47.8. The molecule has 4 aliphatic heterocycles. The van der Waals surface area contributed by atoms with Crippen molar-refractivity contribution in [3.05, 3.63) is 35.1 Å². The number of guanidine groups is 2. The van der Waals surface area contributed by atoms with Crippen LogP contribution in [0.4, 0.5) is 17.6 Å². The van der Waals surface area contributed by atoms with E-state index in [4.69, 9.17) is 11.5 Å². The van der Waals surface area contributed by atoms with Crippen LogP contribution in [-0.2, 0) is 15.8 Å². The Labute approximate surface area is 211 Å². The molecule has 5 rings (SSSR count). The molecule has 0 radical (unpaired) electrons. The molecule has 2 fully saturated rings. The molecular formula is C21H22F4N8O5. The number of hydrogen-bond donors (Lipinski definition) is 6. The number of carbonyl (C=O) groups excluding carboxylic acids is 3. The third kappa shape index (κ3) is 3.72. The number of halogens is 4. The number of hydrogen-bond acceptors (Lipinski definition) is 11. The molecule has 13 nitrogen and oxygen atoms in total. The molecule has 4 heterocycles. The Hall–Kier alpha value is -3.99. The first-order valence-electron chi connectivity index (χ1n) is 11.3. The Balaban J connectivity index is 1.46. The van der Waals surface area contributed by atoms with Crippen molar-refractivity contribution < 1.29 is 42.2 Å². The van der Waals surface area contributed by atoms with E-state index < -0.39 is 77.0 Å². The minimum Gasteiger partial charge on any atom is -0.370 e. The van der Waals surface area contributed by atoms with Gasteiger partial charge < -0.3 is 37.2 Å². The third-order valence-electron chi connectivity index (χ3n) is 7.12. The van der Waals surface area contributed by atoms with Crippen molar-refractivity contribution in [3.63, 3.8) is 0 Å². The first-order valence-corrected chi connectivity index (χ1v) is 11.3. The van der Waals surface area contributed by atoms with E-state index in [0.29, 0.717) is 12.1 Å². The van der Waals surface area contributed by atoms with Crippen molar-refractivity contribution in [1.29, 1.82) is 0 Å². The number of nitrogens with zero attached hydrogens (tertiary/aromatic N) is 4. The van der Waals surface area contributed by atoms with Gasteiger partial charge in [0.05, 0.1) is 18.2 Å². The second-order valence-corrected chi connectivity index (χ2v) is 9.39. The van der Waals surface area contributed by atoms with Gasteiger partial charge in [-0.1, -0.05) is 0 Å². The summed E-state index contributed by atoms with van der Waals surface area (Å²) < 4.78 is 53.2. The third-order valence-corrected chi connectivity index (χ3v) is 7.12. The van der Waals surface area contributed by atoms with Gasteiger partial charge in [-0.2, -0.15) is 13.2 Å². The van der Waals surface area contributed by atoms with Crippen LogP contribution in [0.1, 0.15) is 28.8 Å². The van der Waals surface area contributed by atoms with Crippen LogP contribution < -0.4 is 22.1 Å². The lowest BCUT2D eigenvalue weighted by Crippen LogP contribution is -2.78. The van der Waals surface area contributed by atoms with Crippen molar-refractivity contribution in [2.45, 2.75) is 48.6 Å². The Morgan fingerprint density at radius 1 is 1.16 bits per heavy atom. The van der Waals surface area contributed by atoms with Crippen LogP contribution in [0.2, 0.25) is 0 Å². The molecule has 17 heteroatoms. The summed E-state index contributed by atoms with van der Waals surface area (Å²) in [5.41, 5.74) is 7.82. The van der Waals surface area contributed by atoms with E-state index in [-0.39, 0.29) is 37.4 Å². The number of amides is 3. The van der Waals surface area contributed by atoms with Gasteiger partial charge in [-0.05, 0) is 18.2 Å². The summed E-state index contributed by atoms with van der Waals surface area (Å²) >= 11 is 0. The molecule has 0 saturated carbocycles. The molecule has 0 bridgehead atoms. The Morgan fingerprint density at radius 3 is 2.45 bits per heavy atom. The van der Waals surface area contributed by atoms with Crippen molar-refractivity contribution in [3.8, 4) is 0 Å². The zero-order chi connectivity index (χ0) is 27.8.